The van der Waals surface area contributed by atoms with Gasteiger partial charge in [-0.15, -0.1) is 12.4 Å². The quantitative estimate of drug-likeness (QED) is 0.0175. The number of halogens is 2. The Kier molecular flexibility index (Phi) is 52.0. The van der Waals surface area contributed by atoms with Crippen LogP contribution >= 0.6 is 24.0 Å². The number of nitrogens with one attached hydrogen (secondary N) is 4. The molecule has 6 fully saturated rings. The molecular weight excluding hydrogens is 1960 g/mol. The second-order valence-corrected chi connectivity index (χ2v) is 40.4. The maximum absolute atomic E-state index is 12.9. The number of piperidine rings is 5. The molecule has 0 aliphatic carbocycles. The van der Waals surface area contributed by atoms with E-state index in [1.807, 2.05) is 103 Å². The molecule has 26 nitrogen and oxygen atoms in total. The zero-order valence-electron chi connectivity index (χ0n) is 86.7. The molecule has 0 unspecified atom stereocenters. The molecule has 0 atom stereocenters. The summed E-state index contributed by atoms with van der Waals surface area (Å²) >= 11 is 5.27. The number of carbonyl (C=O) groups excluding carboxylic acids is 4. The number of methoxy groups -OCH3 is 4. The number of amides is 3. The van der Waals surface area contributed by atoms with Crippen molar-refractivity contribution >= 4 is 84.8 Å². The third kappa shape index (κ3) is 37.9. The fraction of sp³-hybridized carbons (Fsp3) is 0.342. The molecule has 3 amide bonds. The number of hydrogen-bond donors (Lipinski definition) is 8. The summed E-state index contributed by atoms with van der Waals surface area (Å²) in [5.41, 5.74) is 18.0. The summed E-state index contributed by atoms with van der Waals surface area (Å²) in [4.78, 5) is 56.5. The summed E-state index contributed by atoms with van der Waals surface area (Å²) in [7, 11) is -1.17. The minimum absolute atomic E-state index is 0. The summed E-state index contributed by atoms with van der Waals surface area (Å²) in [6.07, 6.45) is 11.9. The van der Waals surface area contributed by atoms with Gasteiger partial charge < -0.3 is 52.1 Å². The van der Waals surface area contributed by atoms with Crippen molar-refractivity contribution in [3.63, 3.8) is 0 Å². The average molecular weight is 2110 g/mol. The van der Waals surface area contributed by atoms with E-state index in [2.05, 4.69) is 240 Å². The molecule has 0 saturated carbocycles. The molecule has 788 valence electrons. The monoisotopic (exact) mass is 2110 g/mol. The van der Waals surface area contributed by atoms with Crippen LogP contribution in [0.3, 0.4) is 0 Å². The molecule has 6 aliphatic rings. The van der Waals surface area contributed by atoms with Crippen molar-refractivity contribution in [3.8, 4) is 29.1 Å². The Morgan fingerprint density at radius 3 is 0.879 bits per heavy atom. The Balaban J connectivity index is 0.000000241. The predicted octanol–water partition coefficient (Wildman–Crippen LogP) is 13.4. The van der Waals surface area contributed by atoms with Gasteiger partial charge in [0.05, 0.1) is 62.2 Å². The van der Waals surface area contributed by atoms with Crippen molar-refractivity contribution in [3.05, 3.63) is 406 Å². The van der Waals surface area contributed by atoms with E-state index in [4.69, 9.17) is 46.2 Å². The molecule has 12 aromatic rings. The van der Waals surface area contributed by atoms with Crippen molar-refractivity contribution in [2.45, 2.75) is 124 Å². The number of carbonyl (C=O) groups is 4. The summed E-state index contributed by atoms with van der Waals surface area (Å²) in [5.74, 6) is 1.84. The van der Waals surface area contributed by atoms with Gasteiger partial charge in [0.15, 0.2) is 17.4 Å². The van der Waals surface area contributed by atoms with Crippen LogP contribution in [0.5, 0.6) is 23.0 Å². The number of nitrogens with zero attached hydrogens (tertiary/aromatic N) is 5. The van der Waals surface area contributed by atoms with Gasteiger partial charge in [0.25, 0.3) is 43.4 Å². The molecule has 18 rings (SSSR count). The van der Waals surface area contributed by atoms with E-state index in [9.17, 15) is 41.3 Å². The number of para-hydroxylation sites is 4. The SMILES string of the molecule is C1CCOC1.COc1ccccc1C(=O)Cl.COc1ccccc1C(=O)NCC1(c2ccccc2)CCN(Cc2ccccc2)CC1.COc1ccccc1C(=O)NCC1(c2ccccc2)CCN(S(N)(=O)=O)CC1.COc1ccccc1C(=O)NCC1(c2ccccc2)CCNCC1.Cl.N#CC1(c2ccccc2)CCN(Cc2ccccc2)CC1.NCC1(c2ccccc2)CCN(Cc2ccccc2)CC1.NS(N)(=O)=O.[AlH3].[H-].[Li+]. The van der Waals surface area contributed by atoms with Gasteiger partial charge >= 0.3 is 18.9 Å². The van der Waals surface area contributed by atoms with Crippen molar-refractivity contribution in [2.75, 3.05) is 133 Å². The van der Waals surface area contributed by atoms with Gasteiger partial charge in [-0.05, 0) is 221 Å². The molecule has 12 aromatic carbocycles. The molecular formula is C117H147AlCl2LiN13O13S2. The van der Waals surface area contributed by atoms with Crippen LogP contribution in [0, 0.1) is 11.3 Å². The van der Waals surface area contributed by atoms with Gasteiger partial charge in [-0.25, -0.2) is 15.4 Å². The van der Waals surface area contributed by atoms with Crippen LogP contribution in [-0.4, -0.2) is 209 Å². The van der Waals surface area contributed by atoms with Gasteiger partial charge in [0.1, 0.15) is 23.0 Å². The van der Waals surface area contributed by atoms with E-state index < -0.39 is 25.7 Å². The first-order valence-electron chi connectivity index (χ1n) is 49.8. The fourth-order valence-electron chi connectivity index (χ4n) is 19.5. The van der Waals surface area contributed by atoms with Gasteiger partial charge in [-0.3, -0.25) is 33.9 Å². The molecule has 149 heavy (non-hydrogen) atoms. The minimum atomic E-state index is -3.71. The van der Waals surface area contributed by atoms with Crippen molar-refractivity contribution in [1.29, 1.82) is 5.26 Å². The van der Waals surface area contributed by atoms with Crippen LogP contribution in [0.4, 0.5) is 0 Å². The van der Waals surface area contributed by atoms with E-state index in [0.29, 0.717) is 90.8 Å². The van der Waals surface area contributed by atoms with Gasteiger partial charge in [-0.2, -0.15) is 26.4 Å². The molecule has 6 aliphatic heterocycles. The molecule has 6 saturated heterocycles. The first-order valence-corrected chi connectivity index (χ1v) is 53.3. The van der Waals surface area contributed by atoms with Crippen LogP contribution in [0.1, 0.15) is 164 Å². The number of nitriles is 1. The predicted molar refractivity (Wildman–Crippen MR) is 599 cm³/mol. The zero-order chi connectivity index (χ0) is 104. The maximum atomic E-state index is 12.9. The Bertz CT molecular complexity index is 6230. The van der Waals surface area contributed by atoms with Crippen LogP contribution < -0.4 is 80.2 Å². The number of benzene rings is 12. The fourth-order valence-corrected chi connectivity index (χ4v) is 20.4. The standard InChI is InChI=1S/C27H30N2O2.C20H25N3O4S.C20H24N2O2.C19H24N2.C19H20N2.C8H7ClO2.C4H8O.Al.ClH.Li.H4N2O2S.4H/c1-31-25-15-9-8-14-24(25)26(30)28-21-27(23-12-6-3-7-13-23)16-18-29(19-17-27)20-22-10-4-2-5-11-22;1-27-18-10-6-5-9-17(18)19(24)22-15-20(16-7-3-2-4-8-16)11-13-23(14-12-20)28(21,25)26;1-24-18-10-6-5-9-17(18)19(23)22-15-20(11-13-21-14-12-20)16-7-3-2-4-8-16;2*20-16-19(18-9-5-2-6-10-18)11-13-21(14-12-19)15-17-7-3-1-4-8-17;1-11-7-5-3-2-4-6(7)8(9)10;1-2-4-5-3-1;;;;1-5(2,3)4;;;;/h2-15H,16-21H2,1H3,(H,28,30);2-10H,11-15H2,1H3,(H,22,24)(H2,21,25,26);2-10,21H,11-15H2,1H3,(H,22,23);1-10H,11-16,20H2;1-10H,11-15H2;2-5H,1H3;1-4H2;;1H;;(H4,1,2,3,4);;;;/q;;;;;;;;;+1;;;;;-1. The normalized spacial score (nSPS) is 16.2. The van der Waals surface area contributed by atoms with Crippen molar-refractivity contribution in [1.82, 2.24) is 40.3 Å². The van der Waals surface area contributed by atoms with Crippen LogP contribution in [0.2, 0.25) is 0 Å². The van der Waals surface area contributed by atoms with E-state index in [-0.39, 0.29) is 94.9 Å². The number of rotatable bonds is 27. The molecule has 0 bridgehead atoms. The molecule has 6 heterocycles. The number of nitrogens with two attached hydrogens (primary N) is 4. The molecule has 32 heteroatoms. The Labute approximate surface area is 917 Å². The van der Waals surface area contributed by atoms with Gasteiger partial charge in [-0.1, -0.05) is 291 Å². The largest absolute Gasteiger partial charge is 1.00 e. The second kappa shape index (κ2) is 63.1. The zero-order valence-corrected chi connectivity index (χ0v) is 88.9. The molecule has 0 spiro atoms. The van der Waals surface area contributed by atoms with Crippen LogP contribution in [0.15, 0.2) is 340 Å². The topological polar surface area (TPSA) is 372 Å². The van der Waals surface area contributed by atoms with Crippen LogP contribution in [0.25, 0.3) is 0 Å². The second-order valence-electron chi connectivity index (χ2n) is 37.4. The summed E-state index contributed by atoms with van der Waals surface area (Å²) < 4.78 is 68.8. The van der Waals surface area contributed by atoms with Crippen molar-refractivity contribution < 1.29 is 80.0 Å². The maximum Gasteiger partial charge on any atom is 1.00 e. The number of ether oxygens (including phenoxy) is 5. The van der Waals surface area contributed by atoms with E-state index >= 15 is 0 Å². The average Bonchev–Trinajstić information content (AvgIpc) is 0.827. The Hall–Kier alpha value is -11.4. The third-order valence-corrected chi connectivity index (χ3v) is 29.4. The smallest absolute Gasteiger partial charge is 1.00 e. The first kappa shape index (κ1) is 123. The van der Waals surface area contributed by atoms with E-state index in [1.165, 1.54) is 70.3 Å². The summed E-state index contributed by atoms with van der Waals surface area (Å²) in [6.45, 7) is 16.2. The Morgan fingerprint density at radius 1 is 0.376 bits per heavy atom. The molecule has 0 radical (unpaired) electrons. The van der Waals surface area contributed by atoms with Gasteiger partial charge in [0, 0.05) is 107 Å². The number of hydrogen-bond acceptors (Lipinski definition) is 19. The number of likely N-dealkylation sites (tertiary alicyclic amines) is 3. The molecule has 12 N–H and O–H groups in total. The summed E-state index contributed by atoms with van der Waals surface area (Å²) in [6, 6.07) is 115. The Morgan fingerprint density at radius 2 is 0.617 bits per heavy atom. The van der Waals surface area contributed by atoms with E-state index in [1.54, 1.807) is 62.8 Å². The van der Waals surface area contributed by atoms with Crippen LogP contribution in [-0.2, 0) is 71.9 Å². The van der Waals surface area contributed by atoms with Gasteiger partial charge in [0.2, 0.25) is 0 Å². The molecule has 0 aromatic heterocycles. The van der Waals surface area contributed by atoms with Crippen molar-refractivity contribution in [2.24, 2.45) is 21.2 Å². The van der Waals surface area contributed by atoms with E-state index in [0.717, 1.165) is 149 Å². The first-order chi connectivity index (χ1) is 70.7. The third-order valence-electron chi connectivity index (χ3n) is 28.1. The summed E-state index contributed by atoms with van der Waals surface area (Å²) in [5, 5.41) is 35.5. The minimum Gasteiger partial charge on any atom is -1.00 e.